The topological polar surface area (TPSA) is 52.8 Å². The third kappa shape index (κ3) is 4.67. The summed E-state index contributed by atoms with van der Waals surface area (Å²) >= 11 is 3.30. The van der Waals surface area contributed by atoms with Crippen molar-refractivity contribution in [2.45, 2.75) is 38.1 Å². The number of aromatic nitrogens is 1. The first-order valence-electron chi connectivity index (χ1n) is 9.84. The van der Waals surface area contributed by atoms with Crippen LogP contribution in [0.4, 0.5) is 0 Å². The predicted molar refractivity (Wildman–Crippen MR) is 118 cm³/mol. The Balaban J connectivity index is 1.45. The first-order valence-corrected chi connectivity index (χ1v) is 11.6. The van der Waals surface area contributed by atoms with Crippen molar-refractivity contribution in [2.75, 3.05) is 19.0 Å². The summed E-state index contributed by atoms with van der Waals surface area (Å²) in [6, 6.07) is 12.5. The molecule has 0 fully saturated rings. The Morgan fingerprint density at radius 1 is 1.17 bits per heavy atom. The Bertz CT molecular complexity index is 1080. The first-order chi connectivity index (χ1) is 14.1. The van der Waals surface area contributed by atoms with Crippen LogP contribution in [0.5, 0.6) is 11.5 Å². The fourth-order valence-electron chi connectivity index (χ4n) is 3.21. The van der Waals surface area contributed by atoms with Crippen LogP contribution >= 0.6 is 23.1 Å². The number of carbonyl (C=O) groups is 1. The van der Waals surface area contributed by atoms with Gasteiger partial charge in [0.15, 0.2) is 16.3 Å². The smallest absolute Gasteiger partial charge is 0.248 e. The second kappa shape index (κ2) is 9.05. The van der Waals surface area contributed by atoms with Gasteiger partial charge >= 0.3 is 0 Å². The lowest BCUT2D eigenvalue weighted by atomic mass is 10.2. The molecule has 1 aromatic heterocycles. The molecule has 7 heteroatoms. The summed E-state index contributed by atoms with van der Waals surface area (Å²) in [7, 11) is 0. The van der Waals surface area contributed by atoms with Crippen molar-refractivity contribution in [3.8, 4) is 11.5 Å². The van der Waals surface area contributed by atoms with Crippen molar-refractivity contribution in [2.24, 2.45) is 4.99 Å². The van der Waals surface area contributed by atoms with Gasteiger partial charge in [0.1, 0.15) is 13.2 Å². The molecule has 2 aromatic carbocycles. The molecule has 2 heterocycles. The Labute approximate surface area is 178 Å². The van der Waals surface area contributed by atoms with Gasteiger partial charge in [-0.3, -0.25) is 4.79 Å². The number of aryl methyl sites for hydroxylation is 2. The van der Waals surface area contributed by atoms with Gasteiger partial charge in [-0.1, -0.05) is 29.0 Å². The number of benzene rings is 2. The highest BCUT2D eigenvalue weighted by molar-refractivity contribution is 7.99. The molecule has 0 bridgehead atoms. The summed E-state index contributed by atoms with van der Waals surface area (Å²) in [6.07, 6.45) is 1.27. The molecule has 0 radical (unpaired) electrons. The fraction of sp³-hybridized carbons (Fsp3) is 0.364. The van der Waals surface area contributed by atoms with Gasteiger partial charge < -0.3 is 14.0 Å². The molecule has 0 aliphatic carbocycles. The van der Waals surface area contributed by atoms with E-state index in [1.165, 1.54) is 21.8 Å². The molecule has 4 rings (SSSR count). The molecular weight excluding hydrogens is 404 g/mol. The number of thiazole rings is 1. The first kappa shape index (κ1) is 20.0. The average Bonchev–Trinajstić information content (AvgIpc) is 3.06. The second-order valence-electron chi connectivity index (χ2n) is 6.86. The standard InChI is InChI=1S/C22H24N2O3S2/c1-3-24-17-13-18-19(27-11-10-26-18)14-20(17)29-22(24)23-21(25)5-4-12-28-16-8-6-15(2)7-9-16/h6-9,13-14H,3-5,10-12H2,1-2H3. The number of nitrogens with zero attached hydrogens (tertiary/aromatic N) is 2. The number of hydrogen-bond acceptors (Lipinski definition) is 5. The van der Waals surface area contributed by atoms with Crippen molar-refractivity contribution in [3.63, 3.8) is 0 Å². The molecule has 1 aliphatic rings. The van der Waals surface area contributed by atoms with Crippen LogP contribution in [0.3, 0.4) is 0 Å². The number of hydrogen-bond donors (Lipinski definition) is 0. The highest BCUT2D eigenvalue weighted by Gasteiger charge is 2.16. The van der Waals surface area contributed by atoms with E-state index in [9.17, 15) is 4.79 Å². The lowest BCUT2D eigenvalue weighted by Crippen LogP contribution is -2.17. The minimum absolute atomic E-state index is 0.0690. The van der Waals surface area contributed by atoms with Crippen LogP contribution < -0.4 is 14.3 Å². The number of rotatable bonds is 6. The maximum absolute atomic E-state index is 12.4. The molecule has 152 valence electrons. The van der Waals surface area contributed by atoms with Crippen LogP contribution in [-0.4, -0.2) is 29.4 Å². The summed E-state index contributed by atoms with van der Waals surface area (Å²) in [6.45, 7) is 6.01. The van der Waals surface area contributed by atoms with Gasteiger partial charge in [0.25, 0.3) is 0 Å². The van der Waals surface area contributed by atoms with E-state index in [0.29, 0.717) is 19.6 Å². The van der Waals surface area contributed by atoms with Gasteiger partial charge in [-0.05, 0) is 38.2 Å². The quantitative estimate of drug-likeness (QED) is 0.418. The maximum atomic E-state index is 12.4. The molecule has 29 heavy (non-hydrogen) atoms. The summed E-state index contributed by atoms with van der Waals surface area (Å²) in [5.41, 5.74) is 2.29. The Morgan fingerprint density at radius 2 is 1.90 bits per heavy atom. The minimum atomic E-state index is -0.0690. The van der Waals surface area contributed by atoms with E-state index in [-0.39, 0.29) is 5.91 Å². The lowest BCUT2D eigenvalue weighted by molar-refractivity contribution is -0.118. The number of ether oxygens (including phenoxy) is 2. The molecule has 0 spiro atoms. The summed E-state index contributed by atoms with van der Waals surface area (Å²) in [5.74, 6) is 2.36. The largest absolute Gasteiger partial charge is 0.486 e. The predicted octanol–water partition coefficient (Wildman–Crippen LogP) is 4.80. The van der Waals surface area contributed by atoms with Crippen LogP contribution in [0, 0.1) is 6.92 Å². The number of amides is 1. The highest BCUT2D eigenvalue weighted by Crippen LogP contribution is 2.35. The van der Waals surface area contributed by atoms with Gasteiger partial charge in [-0.2, -0.15) is 4.99 Å². The zero-order valence-corrected chi connectivity index (χ0v) is 18.3. The van der Waals surface area contributed by atoms with Crippen molar-refractivity contribution in [1.29, 1.82) is 0 Å². The number of thioether (sulfide) groups is 1. The number of carbonyl (C=O) groups excluding carboxylic acids is 1. The van der Waals surface area contributed by atoms with E-state index in [1.807, 2.05) is 12.1 Å². The van der Waals surface area contributed by atoms with E-state index in [1.54, 1.807) is 11.8 Å². The molecular formula is C22H24N2O3S2. The van der Waals surface area contributed by atoms with E-state index in [2.05, 4.69) is 47.7 Å². The monoisotopic (exact) mass is 428 g/mol. The van der Waals surface area contributed by atoms with Gasteiger partial charge in [0, 0.05) is 30.0 Å². The SMILES string of the molecule is CCn1c(=NC(=O)CCCSc2ccc(C)cc2)sc2cc3c(cc21)OCCO3. The van der Waals surface area contributed by atoms with E-state index in [0.717, 1.165) is 45.2 Å². The molecule has 0 unspecified atom stereocenters. The Morgan fingerprint density at radius 3 is 2.62 bits per heavy atom. The Kier molecular flexibility index (Phi) is 6.25. The van der Waals surface area contributed by atoms with Crippen LogP contribution in [0.15, 0.2) is 46.3 Å². The molecule has 0 N–H and O–H groups in total. The summed E-state index contributed by atoms with van der Waals surface area (Å²) < 4.78 is 14.5. The van der Waals surface area contributed by atoms with E-state index >= 15 is 0 Å². The summed E-state index contributed by atoms with van der Waals surface area (Å²) in [5, 5.41) is 0. The molecule has 0 saturated carbocycles. The Hall–Kier alpha value is -2.25. The third-order valence-corrected chi connectivity index (χ3v) is 6.85. The summed E-state index contributed by atoms with van der Waals surface area (Å²) in [4.78, 5) is 18.8. The normalized spacial score (nSPS) is 13.8. The zero-order chi connectivity index (χ0) is 20.2. The molecule has 3 aromatic rings. The van der Waals surface area contributed by atoms with Crippen molar-refractivity contribution < 1.29 is 14.3 Å². The highest BCUT2D eigenvalue weighted by atomic mass is 32.2. The average molecular weight is 429 g/mol. The molecule has 0 atom stereocenters. The van der Waals surface area contributed by atoms with Gasteiger partial charge in [0.05, 0.1) is 10.2 Å². The molecule has 1 aliphatic heterocycles. The van der Waals surface area contributed by atoms with E-state index < -0.39 is 0 Å². The molecule has 5 nitrogen and oxygen atoms in total. The second-order valence-corrected chi connectivity index (χ2v) is 9.04. The van der Waals surface area contributed by atoms with Crippen LogP contribution in [-0.2, 0) is 11.3 Å². The minimum Gasteiger partial charge on any atom is -0.486 e. The van der Waals surface area contributed by atoms with Crippen LogP contribution in [0.2, 0.25) is 0 Å². The number of fused-ring (bicyclic) bond motifs is 2. The van der Waals surface area contributed by atoms with Crippen molar-refractivity contribution >= 4 is 39.2 Å². The van der Waals surface area contributed by atoms with Crippen LogP contribution in [0.25, 0.3) is 10.2 Å². The fourth-order valence-corrected chi connectivity index (χ4v) is 5.18. The van der Waals surface area contributed by atoms with Gasteiger partial charge in [-0.15, -0.1) is 11.8 Å². The molecule has 0 saturated heterocycles. The van der Waals surface area contributed by atoms with Crippen molar-refractivity contribution in [1.82, 2.24) is 4.57 Å². The molecule has 1 amide bonds. The third-order valence-electron chi connectivity index (χ3n) is 4.71. The lowest BCUT2D eigenvalue weighted by Gasteiger charge is -2.18. The van der Waals surface area contributed by atoms with Crippen molar-refractivity contribution in [3.05, 3.63) is 46.8 Å². The van der Waals surface area contributed by atoms with Gasteiger partial charge in [-0.25, -0.2) is 0 Å². The van der Waals surface area contributed by atoms with Gasteiger partial charge in [0.2, 0.25) is 5.91 Å². The zero-order valence-electron chi connectivity index (χ0n) is 16.6. The maximum Gasteiger partial charge on any atom is 0.248 e. The van der Waals surface area contributed by atoms with E-state index in [4.69, 9.17) is 9.47 Å². The van der Waals surface area contributed by atoms with Crippen LogP contribution in [0.1, 0.15) is 25.3 Å².